The number of morpholine rings is 1. The molecule has 6 heteroatoms. The highest BCUT2D eigenvalue weighted by Crippen LogP contribution is 2.47. The fourth-order valence-electron chi connectivity index (χ4n) is 5.60. The topological polar surface area (TPSA) is 62.5 Å². The van der Waals surface area contributed by atoms with Crippen molar-refractivity contribution < 1.29 is 9.84 Å². The highest BCUT2D eigenvalue weighted by atomic mass is 16.5. The number of aryl methyl sites for hydroxylation is 1. The summed E-state index contributed by atoms with van der Waals surface area (Å²) >= 11 is 0. The number of hydrogen-bond donors (Lipinski definition) is 2. The van der Waals surface area contributed by atoms with Gasteiger partial charge >= 0.3 is 0 Å². The number of likely N-dealkylation sites (tertiary alicyclic amines) is 1. The van der Waals surface area contributed by atoms with Gasteiger partial charge in [-0.3, -0.25) is 4.90 Å². The number of imidazole rings is 1. The largest absolute Gasteiger partial charge is 0.396 e. The molecule has 4 heterocycles. The lowest BCUT2D eigenvalue weighted by Gasteiger charge is -2.34. The summed E-state index contributed by atoms with van der Waals surface area (Å²) in [7, 11) is 0. The van der Waals surface area contributed by atoms with Crippen LogP contribution in [-0.2, 0) is 17.8 Å². The van der Waals surface area contributed by atoms with Crippen LogP contribution in [0.25, 0.3) is 11.0 Å². The Morgan fingerprint density at radius 3 is 3.04 bits per heavy atom. The zero-order valence-electron chi connectivity index (χ0n) is 17.0. The molecule has 6 nitrogen and oxygen atoms in total. The standard InChI is InChI=1S/C22H32N4O2/c1-15(2)7-8-26-19-6-4-3-5-18(19)24-21(26)11-25-10-17-16(12-27)20-9-23-13-22(17,14-25)28-20/h3-6,15-17,20,23,27H,7-14H2,1-2H3/t16-,17+,20+,22+/m0/s1. The van der Waals surface area contributed by atoms with Crippen LogP contribution >= 0.6 is 0 Å². The van der Waals surface area contributed by atoms with E-state index in [1.165, 1.54) is 5.52 Å². The van der Waals surface area contributed by atoms with Gasteiger partial charge in [-0.05, 0) is 24.5 Å². The summed E-state index contributed by atoms with van der Waals surface area (Å²) in [5, 5.41) is 13.5. The molecule has 2 N–H and O–H groups in total. The monoisotopic (exact) mass is 384 g/mol. The molecule has 0 radical (unpaired) electrons. The van der Waals surface area contributed by atoms with Gasteiger partial charge in [0.2, 0.25) is 0 Å². The number of nitrogens with zero attached hydrogens (tertiary/aromatic N) is 3. The van der Waals surface area contributed by atoms with Crippen molar-refractivity contribution in [3.63, 3.8) is 0 Å². The molecule has 1 aromatic heterocycles. The lowest BCUT2D eigenvalue weighted by molar-refractivity contribution is -0.0748. The number of aliphatic hydroxyl groups is 1. The van der Waals surface area contributed by atoms with Gasteiger partial charge in [0.25, 0.3) is 0 Å². The van der Waals surface area contributed by atoms with Crippen LogP contribution in [0.5, 0.6) is 0 Å². The van der Waals surface area contributed by atoms with Gasteiger partial charge in [-0.15, -0.1) is 0 Å². The van der Waals surface area contributed by atoms with Crippen molar-refractivity contribution in [1.29, 1.82) is 0 Å². The van der Waals surface area contributed by atoms with Crippen molar-refractivity contribution in [2.45, 2.75) is 45.1 Å². The Morgan fingerprint density at radius 1 is 1.36 bits per heavy atom. The Bertz CT molecular complexity index is 850. The first kappa shape index (κ1) is 18.6. The zero-order chi connectivity index (χ0) is 19.3. The summed E-state index contributed by atoms with van der Waals surface area (Å²) in [5.74, 6) is 2.48. The smallest absolute Gasteiger partial charge is 0.124 e. The van der Waals surface area contributed by atoms with Gasteiger partial charge in [0.05, 0.1) is 29.3 Å². The van der Waals surface area contributed by atoms with Gasteiger partial charge in [-0.1, -0.05) is 26.0 Å². The highest BCUT2D eigenvalue weighted by Gasteiger charge is 2.60. The molecule has 0 unspecified atom stereocenters. The Hall–Kier alpha value is -1.47. The molecule has 3 aliphatic heterocycles. The minimum Gasteiger partial charge on any atom is -0.396 e. The Kier molecular flexibility index (Phi) is 4.70. The van der Waals surface area contributed by atoms with E-state index in [2.05, 4.69) is 52.9 Å². The first-order valence-corrected chi connectivity index (χ1v) is 10.8. The molecule has 28 heavy (non-hydrogen) atoms. The number of fused-ring (bicyclic) bond motifs is 2. The Morgan fingerprint density at radius 2 is 2.21 bits per heavy atom. The molecule has 152 valence electrons. The van der Waals surface area contributed by atoms with E-state index in [0.29, 0.717) is 11.8 Å². The van der Waals surface area contributed by atoms with Crippen LogP contribution in [0.4, 0.5) is 0 Å². The molecular formula is C22H32N4O2. The lowest BCUT2D eigenvalue weighted by Crippen LogP contribution is -2.52. The first-order chi connectivity index (χ1) is 13.6. The van der Waals surface area contributed by atoms with Crippen molar-refractivity contribution >= 4 is 11.0 Å². The van der Waals surface area contributed by atoms with Gasteiger partial charge in [-0.2, -0.15) is 0 Å². The minimum absolute atomic E-state index is 0.134. The molecule has 0 amide bonds. The van der Waals surface area contributed by atoms with E-state index in [9.17, 15) is 5.11 Å². The van der Waals surface area contributed by atoms with Gasteiger partial charge in [0.1, 0.15) is 5.82 Å². The summed E-state index contributed by atoms with van der Waals surface area (Å²) in [6, 6.07) is 8.47. The molecule has 3 saturated heterocycles. The van der Waals surface area contributed by atoms with Gasteiger partial charge < -0.3 is 19.7 Å². The van der Waals surface area contributed by atoms with Crippen LogP contribution in [0.15, 0.2) is 24.3 Å². The van der Waals surface area contributed by atoms with Crippen molar-refractivity contribution in [2.75, 3.05) is 32.8 Å². The van der Waals surface area contributed by atoms with Crippen LogP contribution in [0.3, 0.4) is 0 Å². The van der Waals surface area contributed by atoms with Crippen LogP contribution < -0.4 is 5.32 Å². The lowest BCUT2D eigenvalue weighted by atomic mass is 9.83. The number of hydrogen-bond acceptors (Lipinski definition) is 5. The number of benzene rings is 1. The summed E-state index contributed by atoms with van der Waals surface area (Å²) in [5.41, 5.74) is 2.19. The highest BCUT2D eigenvalue weighted by molar-refractivity contribution is 5.75. The first-order valence-electron chi connectivity index (χ1n) is 10.8. The summed E-state index contributed by atoms with van der Waals surface area (Å²) in [6.45, 7) is 10.3. The number of rotatable bonds is 6. The van der Waals surface area contributed by atoms with E-state index in [1.54, 1.807) is 0 Å². The van der Waals surface area contributed by atoms with Gasteiger partial charge in [-0.25, -0.2) is 4.98 Å². The van der Waals surface area contributed by atoms with Gasteiger partial charge in [0, 0.05) is 51.2 Å². The quantitative estimate of drug-likeness (QED) is 0.796. The fraction of sp³-hybridized carbons (Fsp3) is 0.682. The van der Waals surface area contributed by atoms with E-state index in [1.807, 2.05) is 0 Å². The minimum atomic E-state index is -0.134. The van der Waals surface area contributed by atoms with Crippen molar-refractivity contribution in [2.24, 2.45) is 17.8 Å². The molecule has 5 rings (SSSR count). The van der Waals surface area contributed by atoms with Crippen LogP contribution in [0, 0.1) is 17.8 Å². The fourth-order valence-corrected chi connectivity index (χ4v) is 5.60. The van der Waals surface area contributed by atoms with E-state index < -0.39 is 0 Å². The van der Waals surface area contributed by atoms with Crippen LogP contribution in [0.1, 0.15) is 26.1 Å². The molecule has 3 aliphatic rings. The maximum Gasteiger partial charge on any atom is 0.124 e. The SMILES string of the molecule is CC(C)CCn1c(CN2C[C@@H]3[C@H](CO)[C@H]4CNC[C@]3(C2)O4)nc2ccccc21. The molecular weight excluding hydrogens is 352 g/mol. The number of aliphatic hydroxyl groups excluding tert-OH is 1. The zero-order valence-corrected chi connectivity index (χ0v) is 17.0. The molecule has 2 aromatic rings. The third kappa shape index (κ3) is 2.98. The van der Waals surface area contributed by atoms with E-state index >= 15 is 0 Å². The Labute approximate surface area is 166 Å². The molecule has 4 atom stereocenters. The maximum atomic E-state index is 9.95. The molecule has 0 saturated carbocycles. The average Bonchev–Trinajstić information content (AvgIpc) is 3.24. The number of aromatic nitrogens is 2. The van der Waals surface area contributed by atoms with E-state index in [0.717, 1.165) is 57.0 Å². The van der Waals surface area contributed by atoms with E-state index in [-0.39, 0.29) is 24.2 Å². The van der Waals surface area contributed by atoms with E-state index in [4.69, 9.17) is 9.72 Å². The molecule has 1 aromatic carbocycles. The van der Waals surface area contributed by atoms with Crippen LogP contribution in [0.2, 0.25) is 0 Å². The number of para-hydroxylation sites is 2. The second-order valence-electron chi connectivity index (χ2n) is 9.33. The molecule has 0 aliphatic carbocycles. The predicted octanol–water partition coefficient (Wildman–Crippen LogP) is 1.86. The summed E-state index contributed by atoms with van der Waals surface area (Å²) in [4.78, 5) is 7.47. The number of ether oxygens (including phenoxy) is 1. The number of nitrogens with one attached hydrogen (secondary N) is 1. The molecule has 1 spiro atoms. The second kappa shape index (κ2) is 7.10. The Balaban J connectivity index is 1.40. The average molecular weight is 385 g/mol. The maximum absolute atomic E-state index is 9.95. The normalized spacial score (nSPS) is 32.5. The third-order valence-corrected chi connectivity index (χ3v) is 7.01. The second-order valence-corrected chi connectivity index (χ2v) is 9.33. The molecule has 3 fully saturated rings. The predicted molar refractivity (Wildman–Crippen MR) is 109 cm³/mol. The summed E-state index contributed by atoms with van der Waals surface area (Å²) in [6.07, 6.45) is 1.32. The molecule has 2 bridgehead atoms. The summed E-state index contributed by atoms with van der Waals surface area (Å²) < 4.78 is 8.87. The van der Waals surface area contributed by atoms with Gasteiger partial charge in [0.15, 0.2) is 0 Å². The van der Waals surface area contributed by atoms with Crippen molar-refractivity contribution in [3.05, 3.63) is 30.1 Å². The van der Waals surface area contributed by atoms with Crippen molar-refractivity contribution in [1.82, 2.24) is 19.8 Å². The van der Waals surface area contributed by atoms with Crippen LogP contribution in [-0.4, -0.2) is 64.0 Å². The van der Waals surface area contributed by atoms with Crippen molar-refractivity contribution in [3.8, 4) is 0 Å². The third-order valence-electron chi connectivity index (χ3n) is 7.01.